The van der Waals surface area contributed by atoms with E-state index in [1.165, 1.54) is 0 Å². The van der Waals surface area contributed by atoms with Gasteiger partial charge in [0.15, 0.2) is 0 Å². The van der Waals surface area contributed by atoms with Crippen molar-refractivity contribution in [2.24, 2.45) is 23.0 Å². The number of nitrogens with one attached hydrogen (secondary N) is 1. The molecule has 1 aliphatic heterocycles. The fourth-order valence-electron chi connectivity index (χ4n) is 4.17. The summed E-state index contributed by atoms with van der Waals surface area (Å²) in [5.74, 6) is -0.367. The Bertz CT molecular complexity index is 536. The average Bonchev–Trinajstić information content (AvgIpc) is 2.61. The summed E-state index contributed by atoms with van der Waals surface area (Å²) >= 11 is 0. The van der Waals surface area contributed by atoms with Gasteiger partial charge in [-0.25, -0.2) is 0 Å². The van der Waals surface area contributed by atoms with Crippen LogP contribution in [0.5, 0.6) is 0 Å². The van der Waals surface area contributed by atoms with Crippen molar-refractivity contribution in [3.63, 3.8) is 0 Å². The number of nitrogens with two attached hydrogens (primary N) is 1. The van der Waals surface area contributed by atoms with Crippen molar-refractivity contribution in [3.05, 3.63) is 0 Å². The van der Waals surface area contributed by atoms with Crippen LogP contribution in [0.25, 0.3) is 0 Å². The number of hydrogen-bond acceptors (Lipinski definition) is 5. The van der Waals surface area contributed by atoms with Gasteiger partial charge in [-0.05, 0) is 12.8 Å². The zero-order chi connectivity index (χ0) is 20.0. The molecule has 2 rings (SSSR count). The van der Waals surface area contributed by atoms with E-state index in [4.69, 9.17) is 5.73 Å². The van der Waals surface area contributed by atoms with Gasteiger partial charge in [-0.15, -0.1) is 0 Å². The minimum absolute atomic E-state index is 0.0321. The molecule has 1 saturated heterocycles. The Morgan fingerprint density at radius 1 is 0.963 bits per heavy atom. The molecule has 2 aliphatic rings. The third-order valence-corrected chi connectivity index (χ3v) is 5.75. The van der Waals surface area contributed by atoms with Gasteiger partial charge in [0.1, 0.15) is 5.78 Å². The SMILES string of the molecule is CC(C)(C)C(=O)[C@@H]1CCCC[C@@H]1C(=O)NCCN1CCN(CC(N)=O)CC1. The maximum absolute atomic E-state index is 12.7. The molecule has 1 saturated carbocycles. The Balaban J connectivity index is 1.76. The lowest BCUT2D eigenvalue weighted by atomic mass is 9.70. The van der Waals surface area contributed by atoms with Gasteiger partial charge >= 0.3 is 0 Å². The van der Waals surface area contributed by atoms with Gasteiger partial charge in [-0.1, -0.05) is 33.6 Å². The fraction of sp³-hybridized carbons (Fsp3) is 0.850. The van der Waals surface area contributed by atoms with Crippen LogP contribution in [0.2, 0.25) is 0 Å². The molecular formula is C20H36N4O3. The summed E-state index contributed by atoms with van der Waals surface area (Å²) in [6.45, 7) is 10.9. The molecule has 2 amide bonds. The standard InChI is InChI=1S/C20H36N4O3/c1-20(2,3)18(26)15-6-4-5-7-16(15)19(27)22-8-9-23-10-12-24(13-11-23)14-17(21)25/h15-16H,4-14H2,1-3H3,(H2,21,25)(H,22,27)/t15-,16+/m1/s1. The largest absolute Gasteiger partial charge is 0.369 e. The molecule has 1 aliphatic carbocycles. The maximum atomic E-state index is 12.7. The maximum Gasteiger partial charge on any atom is 0.231 e. The minimum Gasteiger partial charge on any atom is -0.369 e. The lowest BCUT2D eigenvalue weighted by Gasteiger charge is -2.35. The van der Waals surface area contributed by atoms with Crippen molar-refractivity contribution in [2.45, 2.75) is 46.5 Å². The van der Waals surface area contributed by atoms with Crippen molar-refractivity contribution >= 4 is 17.6 Å². The first-order valence-electron chi connectivity index (χ1n) is 10.2. The molecule has 0 aromatic heterocycles. The Hall–Kier alpha value is -1.47. The number of ketones is 1. The topological polar surface area (TPSA) is 95.7 Å². The van der Waals surface area contributed by atoms with Crippen molar-refractivity contribution in [1.29, 1.82) is 0 Å². The predicted molar refractivity (Wildman–Crippen MR) is 105 cm³/mol. The van der Waals surface area contributed by atoms with E-state index in [-0.39, 0.29) is 29.4 Å². The van der Waals surface area contributed by atoms with Gasteiger partial charge in [0.05, 0.1) is 6.54 Å². The quantitative estimate of drug-likeness (QED) is 0.675. The summed E-state index contributed by atoms with van der Waals surface area (Å²) in [6.07, 6.45) is 3.69. The summed E-state index contributed by atoms with van der Waals surface area (Å²) in [5, 5.41) is 3.06. The van der Waals surface area contributed by atoms with Crippen LogP contribution in [0.3, 0.4) is 0 Å². The smallest absolute Gasteiger partial charge is 0.231 e. The van der Waals surface area contributed by atoms with Crippen molar-refractivity contribution in [2.75, 3.05) is 45.8 Å². The molecule has 0 unspecified atom stereocenters. The highest BCUT2D eigenvalue weighted by Gasteiger charge is 2.39. The lowest BCUT2D eigenvalue weighted by molar-refractivity contribution is -0.139. The van der Waals surface area contributed by atoms with Gasteiger partial charge in [-0.3, -0.25) is 24.2 Å². The Kier molecular flexibility index (Phi) is 7.79. The van der Waals surface area contributed by atoms with Gasteiger partial charge in [-0.2, -0.15) is 0 Å². The third kappa shape index (κ3) is 6.57. The number of nitrogens with zero attached hydrogens (tertiary/aromatic N) is 2. The highest BCUT2D eigenvalue weighted by atomic mass is 16.2. The third-order valence-electron chi connectivity index (χ3n) is 5.75. The fourth-order valence-corrected chi connectivity index (χ4v) is 4.17. The van der Waals surface area contributed by atoms with Crippen molar-refractivity contribution < 1.29 is 14.4 Å². The van der Waals surface area contributed by atoms with Crippen LogP contribution in [0, 0.1) is 17.3 Å². The Morgan fingerprint density at radius 2 is 1.52 bits per heavy atom. The van der Waals surface area contributed by atoms with Crippen LogP contribution in [0.15, 0.2) is 0 Å². The number of hydrogen-bond donors (Lipinski definition) is 2. The molecular weight excluding hydrogens is 344 g/mol. The first-order valence-corrected chi connectivity index (χ1v) is 10.2. The molecule has 0 radical (unpaired) electrons. The molecule has 2 fully saturated rings. The van der Waals surface area contributed by atoms with Crippen LogP contribution in [-0.4, -0.2) is 73.2 Å². The molecule has 27 heavy (non-hydrogen) atoms. The Morgan fingerprint density at radius 3 is 2.07 bits per heavy atom. The van der Waals surface area contributed by atoms with E-state index in [2.05, 4.69) is 15.1 Å². The average molecular weight is 381 g/mol. The molecule has 154 valence electrons. The van der Waals surface area contributed by atoms with Gasteiger partial charge < -0.3 is 11.1 Å². The number of carbonyl (C=O) groups is 3. The van der Waals surface area contributed by atoms with Crippen molar-refractivity contribution in [1.82, 2.24) is 15.1 Å². The van der Waals surface area contributed by atoms with E-state index in [1.807, 2.05) is 20.8 Å². The predicted octanol–water partition coefficient (Wildman–Crippen LogP) is 0.627. The summed E-state index contributed by atoms with van der Waals surface area (Å²) in [4.78, 5) is 40.8. The molecule has 0 aromatic carbocycles. The molecule has 2 atom stereocenters. The van der Waals surface area contributed by atoms with Gasteiger partial charge in [0.2, 0.25) is 11.8 Å². The number of primary amides is 1. The summed E-state index contributed by atoms with van der Waals surface area (Å²) in [6, 6.07) is 0. The summed E-state index contributed by atoms with van der Waals surface area (Å²) in [5.41, 5.74) is 4.84. The van der Waals surface area contributed by atoms with E-state index < -0.39 is 5.41 Å². The van der Waals surface area contributed by atoms with E-state index in [0.717, 1.165) is 58.4 Å². The normalized spacial score (nSPS) is 25.1. The second kappa shape index (κ2) is 9.64. The highest BCUT2D eigenvalue weighted by Crippen LogP contribution is 2.35. The number of piperazine rings is 1. The highest BCUT2D eigenvalue weighted by molar-refractivity contribution is 5.91. The molecule has 0 bridgehead atoms. The van der Waals surface area contributed by atoms with Crippen molar-refractivity contribution in [3.8, 4) is 0 Å². The first-order chi connectivity index (χ1) is 12.7. The number of amides is 2. The summed E-state index contributed by atoms with van der Waals surface area (Å²) < 4.78 is 0. The van der Waals surface area contributed by atoms with E-state index in [1.54, 1.807) is 0 Å². The minimum atomic E-state index is -0.398. The number of rotatable bonds is 7. The number of Topliss-reactive ketones (excluding diaryl/α,β-unsaturated/α-hetero) is 1. The van der Waals surface area contributed by atoms with Crippen LogP contribution >= 0.6 is 0 Å². The second-order valence-corrected chi connectivity index (χ2v) is 8.99. The number of carbonyl (C=O) groups excluding carboxylic acids is 3. The lowest BCUT2D eigenvalue weighted by Crippen LogP contribution is -2.51. The van der Waals surface area contributed by atoms with Crippen LogP contribution < -0.4 is 11.1 Å². The molecule has 0 spiro atoms. The van der Waals surface area contributed by atoms with E-state index in [9.17, 15) is 14.4 Å². The molecule has 0 aromatic rings. The van der Waals surface area contributed by atoms with Gasteiger partial charge in [0.25, 0.3) is 0 Å². The second-order valence-electron chi connectivity index (χ2n) is 8.99. The van der Waals surface area contributed by atoms with E-state index >= 15 is 0 Å². The first kappa shape index (κ1) is 21.8. The van der Waals surface area contributed by atoms with Gasteiger partial charge in [0, 0.05) is 56.5 Å². The summed E-state index contributed by atoms with van der Waals surface area (Å²) in [7, 11) is 0. The Labute approximate surface area is 163 Å². The monoisotopic (exact) mass is 380 g/mol. The van der Waals surface area contributed by atoms with Crippen LogP contribution in [0.4, 0.5) is 0 Å². The molecule has 7 nitrogen and oxygen atoms in total. The van der Waals surface area contributed by atoms with Crippen LogP contribution in [-0.2, 0) is 14.4 Å². The molecule has 3 N–H and O–H groups in total. The molecule has 7 heteroatoms. The van der Waals surface area contributed by atoms with Crippen LogP contribution in [0.1, 0.15) is 46.5 Å². The zero-order valence-corrected chi connectivity index (χ0v) is 17.1. The zero-order valence-electron chi connectivity index (χ0n) is 17.1. The molecule has 1 heterocycles. The van der Waals surface area contributed by atoms with E-state index in [0.29, 0.717) is 13.1 Å².